The van der Waals surface area contributed by atoms with E-state index < -0.39 is 0 Å². The van der Waals surface area contributed by atoms with Crippen molar-refractivity contribution in [2.75, 3.05) is 0 Å². The van der Waals surface area contributed by atoms with Crippen LogP contribution in [0.1, 0.15) is 22.8 Å². The molecule has 0 fully saturated rings. The molecule has 0 aliphatic rings. The highest BCUT2D eigenvalue weighted by Gasteiger charge is 2.10. The molecule has 94 valence electrons. The van der Waals surface area contributed by atoms with Gasteiger partial charge in [-0.15, -0.1) is 0 Å². The van der Waals surface area contributed by atoms with Crippen LogP contribution >= 0.6 is 27.7 Å². The molecule has 0 saturated heterocycles. The average Bonchev–Trinajstić information content (AvgIpc) is 2.38. The third kappa shape index (κ3) is 3.46. The molecule has 0 aliphatic heterocycles. The van der Waals surface area contributed by atoms with Crippen LogP contribution in [-0.4, -0.2) is 5.78 Å². The summed E-state index contributed by atoms with van der Waals surface area (Å²) in [5, 5.41) is 8.95. The number of ketones is 1. The van der Waals surface area contributed by atoms with Crippen molar-refractivity contribution in [3.05, 3.63) is 58.1 Å². The van der Waals surface area contributed by atoms with Crippen LogP contribution in [0.25, 0.3) is 0 Å². The molecule has 0 saturated carbocycles. The van der Waals surface area contributed by atoms with Gasteiger partial charge in [0.05, 0.1) is 11.6 Å². The van der Waals surface area contributed by atoms with Gasteiger partial charge >= 0.3 is 0 Å². The first-order valence-corrected chi connectivity index (χ1v) is 7.19. The van der Waals surface area contributed by atoms with Crippen molar-refractivity contribution in [1.29, 1.82) is 5.26 Å². The maximum Gasteiger partial charge on any atom is 0.160 e. The number of nitriles is 1. The zero-order valence-electron chi connectivity index (χ0n) is 10.2. The number of carbonyl (C=O) groups is 1. The first kappa shape index (κ1) is 13.9. The monoisotopic (exact) mass is 331 g/mol. The largest absolute Gasteiger partial charge is 0.294 e. The average molecular weight is 332 g/mol. The summed E-state index contributed by atoms with van der Waals surface area (Å²) in [5.41, 5.74) is 1.20. The van der Waals surface area contributed by atoms with Crippen molar-refractivity contribution >= 4 is 33.5 Å². The first-order chi connectivity index (χ1) is 9.10. The molecule has 2 aromatic carbocycles. The number of benzene rings is 2. The zero-order chi connectivity index (χ0) is 13.8. The highest BCUT2D eigenvalue weighted by molar-refractivity contribution is 9.10. The van der Waals surface area contributed by atoms with Gasteiger partial charge in [-0.3, -0.25) is 4.79 Å². The third-order valence-corrected chi connectivity index (χ3v) is 4.05. The molecule has 0 heterocycles. The third-order valence-electron chi connectivity index (χ3n) is 2.51. The SMILES string of the molecule is CC(=O)c1ccc(C#N)cc1Sc1cccc(Br)c1. The minimum atomic E-state index is 0.00184. The van der Waals surface area contributed by atoms with Crippen molar-refractivity contribution in [1.82, 2.24) is 0 Å². The summed E-state index contributed by atoms with van der Waals surface area (Å²) in [6.07, 6.45) is 0. The minimum Gasteiger partial charge on any atom is -0.294 e. The van der Waals surface area contributed by atoms with Gasteiger partial charge in [-0.05, 0) is 43.3 Å². The fourth-order valence-electron chi connectivity index (χ4n) is 1.62. The van der Waals surface area contributed by atoms with E-state index in [-0.39, 0.29) is 5.78 Å². The Morgan fingerprint density at radius 3 is 2.68 bits per heavy atom. The van der Waals surface area contributed by atoms with Gasteiger partial charge in [0.15, 0.2) is 5.78 Å². The number of halogens is 1. The highest BCUT2D eigenvalue weighted by Crippen LogP contribution is 2.32. The lowest BCUT2D eigenvalue weighted by atomic mass is 10.1. The Kier molecular flexibility index (Phi) is 4.41. The lowest BCUT2D eigenvalue weighted by Gasteiger charge is -2.07. The highest BCUT2D eigenvalue weighted by atomic mass is 79.9. The molecular formula is C15H10BrNOS. The molecule has 19 heavy (non-hydrogen) atoms. The number of Topliss-reactive ketones (excluding diaryl/α,β-unsaturated/α-hetero) is 1. The summed E-state index contributed by atoms with van der Waals surface area (Å²) in [4.78, 5) is 13.4. The second-order valence-electron chi connectivity index (χ2n) is 3.94. The number of rotatable bonds is 3. The Hall–Kier alpha value is -1.57. The molecule has 0 bridgehead atoms. The number of hydrogen-bond acceptors (Lipinski definition) is 3. The topological polar surface area (TPSA) is 40.9 Å². The van der Waals surface area contributed by atoms with Crippen LogP contribution in [-0.2, 0) is 0 Å². The first-order valence-electron chi connectivity index (χ1n) is 5.58. The summed E-state index contributed by atoms with van der Waals surface area (Å²) in [6.45, 7) is 1.53. The lowest BCUT2D eigenvalue weighted by Crippen LogP contribution is -1.95. The number of hydrogen-bond donors (Lipinski definition) is 0. The number of carbonyl (C=O) groups excluding carboxylic acids is 1. The van der Waals surface area contributed by atoms with Gasteiger partial charge in [0, 0.05) is 19.8 Å². The van der Waals surface area contributed by atoms with Crippen molar-refractivity contribution in [3.8, 4) is 6.07 Å². The zero-order valence-corrected chi connectivity index (χ0v) is 12.6. The van der Waals surface area contributed by atoms with Gasteiger partial charge in [0.2, 0.25) is 0 Å². The molecule has 0 unspecified atom stereocenters. The molecule has 0 spiro atoms. The van der Waals surface area contributed by atoms with Crippen LogP contribution in [0.4, 0.5) is 0 Å². The standard InChI is InChI=1S/C15H10BrNOS/c1-10(18)14-6-5-11(9-17)7-15(14)19-13-4-2-3-12(16)8-13/h2-8H,1H3. The Morgan fingerprint density at radius 2 is 2.05 bits per heavy atom. The Balaban J connectivity index is 2.43. The van der Waals surface area contributed by atoms with Crippen LogP contribution in [0, 0.1) is 11.3 Å². The van der Waals surface area contributed by atoms with Gasteiger partial charge in [-0.2, -0.15) is 5.26 Å². The van der Waals surface area contributed by atoms with Crippen molar-refractivity contribution in [2.45, 2.75) is 16.7 Å². The maximum absolute atomic E-state index is 11.6. The summed E-state index contributed by atoms with van der Waals surface area (Å²) in [5.74, 6) is 0.00184. The molecule has 0 atom stereocenters. The van der Waals surface area contributed by atoms with Gasteiger partial charge in [-0.25, -0.2) is 0 Å². The van der Waals surface area contributed by atoms with E-state index in [1.165, 1.54) is 18.7 Å². The Morgan fingerprint density at radius 1 is 1.26 bits per heavy atom. The van der Waals surface area contributed by atoms with E-state index in [4.69, 9.17) is 5.26 Å². The van der Waals surface area contributed by atoms with E-state index in [0.717, 1.165) is 14.3 Å². The molecule has 2 rings (SSSR count). The second-order valence-corrected chi connectivity index (χ2v) is 5.97. The predicted molar refractivity (Wildman–Crippen MR) is 79.4 cm³/mol. The van der Waals surface area contributed by atoms with Gasteiger partial charge in [-0.1, -0.05) is 33.8 Å². The fourth-order valence-corrected chi connectivity index (χ4v) is 3.27. The van der Waals surface area contributed by atoms with Crippen LogP contribution in [0.2, 0.25) is 0 Å². The van der Waals surface area contributed by atoms with E-state index >= 15 is 0 Å². The summed E-state index contributed by atoms with van der Waals surface area (Å²) in [7, 11) is 0. The summed E-state index contributed by atoms with van der Waals surface area (Å²) >= 11 is 4.90. The van der Waals surface area contributed by atoms with E-state index in [1.54, 1.807) is 18.2 Å². The van der Waals surface area contributed by atoms with E-state index in [2.05, 4.69) is 22.0 Å². The van der Waals surface area contributed by atoms with E-state index in [1.807, 2.05) is 24.3 Å². The molecule has 0 aromatic heterocycles. The van der Waals surface area contributed by atoms with E-state index in [9.17, 15) is 4.79 Å². The Labute approximate surface area is 124 Å². The summed E-state index contributed by atoms with van der Waals surface area (Å²) in [6, 6.07) is 15.1. The number of nitrogens with zero attached hydrogens (tertiary/aromatic N) is 1. The minimum absolute atomic E-state index is 0.00184. The molecule has 2 nitrogen and oxygen atoms in total. The maximum atomic E-state index is 11.6. The van der Waals surface area contributed by atoms with E-state index in [0.29, 0.717) is 11.1 Å². The van der Waals surface area contributed by atoms with Gasteiger partial charge in [0.1, 0.15) is 0 Å². The van der Waals surface area contributed by atoms with Crippen LogP contribution in [0.3, 0.4) is 0 Å². The van der Waals surface area contributed by atoms with Crippen LogP contribution in [0.15, 0.2) is 56.7 Å². The molecule has 0 aliphatic carbocycles. The Bertz CT molecular complexity index is 676. The van der Waals surface area contributed by atoms with Crippen molar-refractivity contribution in [2.24, 2.45) is 0 Å². The molecule has 0 radical (unpaired) electrons. The normalized spacial score (nSPS) is 9.95. The van der Waals surface area contributed by atoms with Crippen molar-refractivity contribution in [3.63, 3.8) is 0 Å². The quantitative estimate of drug-likeness (QED) is 0.767. The van der Waals surface area contributed by atoms with Crippen LogP contribution < -0.4 is 0 Å². The predicted octanol–water partition coefficient (Wildman–Crippen LogP) is 4.67. The van der Waals surface area contributed by atoms with Gasteiger partial charge < -0.3 is 0 Å². The van der Waals surface area contributed by atoms with Crippen LogP contribution in [0.5, 0.6) is 0 Å². The second kappa shape index (κ2) is 6.05. The molecular weight excluding hydrogens is 322 g/mol. The molecule has 4 heteroatoms. The van der Waals surface area contributed by atoms with Gasteiger partial charge in [0.25, 0.3) is 0 Å². The lowest BCUT2D eigenvalue weighted by molar-refractivity contribution is 0.101. The molecule has 0 amide bonds. The molecule has 2 aromatic rings. The molecule has 0 N–H and O–H groups in total. The van der Waals surface area contributed by atoms with Crippen molar-refractivity contribution < 1.29 is 4.79 Å². The summed E-state index contributed by atoms with van der Waals surface area (Å²) < 4.78 is 0.985. The fraction of sp³-hybridized carbons (Fsp3) is 0.0667. The smallest absolute Gasteiger partial charge is 0.160 e.